The first-order valence-electron chi connectivity index (χ1n) is 6.95. The Labute approximate surface area is 120 Å². The molecule has 1 amide bonds. The van der Waals surface area contributed by atoms with Crippen molar-refractivity contribution in [2.75, 3.05) is 6.54 Å². The molecule has 6 heteroatoms. The fourth-order valence-electron chi connectivity index (χ4n) is 2.00. The molecule has 0 spiro atoms. The van der Waals surface area contributed by atoms with Gasteiger partial charge in [-0.25, -0.2) is 4.98 Å². The van der Waals surface area contributed by atoms with Gasteiger partial charge in [0.05, 0.1) is 5.60 Å². The average Bonchev–Trinajstić information content (AvgIpc) is 2.72. The summed E-state index contributed by atoms with van der Waals surface area (Å²) in [5.74, 6) is 0.755. The smallest absolute Gasteiger partial charge is 0.291 e. The van der Waals surface area contributed by atoms with Crippen molar-refractivity contribution >= 4 is 5.91 Å². The molecule has 0 bridgehead atoms. The number of aromatic nitrogens is 3. The molecule has 0 aliphatic rings. The Balaban J connectivity index is 2.62. The summed E-state index contributed by atoms with van der Waals surface area (Å²) in [7, 11) is 0. The summed E-state index contributed by atoms with van der Waals surface area (Å²) in [4.78, 5) is 16.1. The Hall–Kier alpha value is -1.43. The van der Waals surface area contributed by atoms with E-state index in [2.05, 4.69) is 20.5 Å². The van der Waals surface area contributed by atoms with Gasteiger partial charge in [-0.15, -0.1) is 5.10 Å². The maximum Gasteiger partial charge on any atom is 0.291 e. The number of nitrogens with one attached hydrogen (secondary N) is 2. The molecule has 0 fully saturated rings. The van der Waals surface area contributed by atoms with E-state index in [1.807, 2.05) is 34.6 Å². The highest BCUT2D eigenvalue weighted by Gasteiger charge is 2.25. The molecule has 0 radical (unpaired) electrons. The van der Waals surface area contributed by atoms with Crippen molar-refractivity contribution in [1.29, 1.82) is 0 Å². The third kappa shape index (κ3) is 4.92. The number of carbonyl (C=O) groups excluding carboxylic acids is 1. The lowest BCUT2D eigenvalue weighted by Crippen LogP contribution is -2.41. The second-order valence-electron chi connectivity index (χ2n) is 7.04. The minimum absolute atomic E-state index is 0.107. The molecule has 0 saturated carbocycles. The average molecular weight is 282 g/mol. The summed E-state index contributed by atoms with van der Waals surface area (Å²) in [5, 5.41) is 19.5. The van der Waals surface area contributed by atoms with Crippen LogP contribution in [0.25, 0.3) is 0 Å². The Morgan fingerprint density at radius 1 is 1.35 bits per heavy atom. The van der Waals surface area contributed by atoms with Crippen molar-refractivity contribution in [2.45, 2.75) is 59.0 Å². The number of hydrogen-bond acceptors (Lipinski definition) is 4. The van der Waals surface area contributed by atoms with Gasteiger partial charge in [0, 0.05) is 12.0 Å². The standard InChI is InChI=1S/C14H26N4O2/c1-9(2)7-14(6,20)8-15-11(19)10-16-12(18-17-10)13(3,4)5/h9,20H,7-8H2,1-6H3,(H,15,19)(H,16,17,18). The summed E-state index contributed by atoms with van der Waals surface area (Å²) in [6.45, 7) is 11.9. The first kappa shape index (κ1) is 16.6. The number of hydrogen-bond donors (Lipinski definition) is 3. The van der Waals surface area contributed by atoms with Crippen LogP contribution in [0.15, 0.2) is 0 Å². The second kappa shape index (κ2) is 5.91. The number of rotatable bonds is 5. The Kier molecular flexibility index (Phi) is 4.91. The topological polar surface area (TPSA) is 90.9 Å². The number of H-pyrrole nitrogens is 1. The van der Waals surface area contributed by atoms with Gasteiger partial charge in [0.2, 0.25) is 5.82 Å². The quantitative estimate of drug-likeness (QED) is 0.765. The molecule has 0 aromatic carbocycles. The van der Waals surface area contributed by atoms with E-state index in [4.69, 9.17) is 0 Å². The fourth-order valence-corrected chi connectivity index (χ4v) is 2.00. The van der Waals surface area contributed by atoms with Crippen LogP contribution in [-0.4, -0.2) is 38.3 Å². The van der Waals surface area contributed by atoms with Crippen molar-refractivity contribution in [3.63, 3.8) is 0 Å². The highest BCUT2D eigenvalue weighted by atomic mass is 16.3. The molecule has 3 N–H and O–H groups in total. The van der Waals surface area contributed by atoms with E-state index in [0.717, 1.165) is 0 Å². The molecule has 0 saturated heterocycles. The van der Waals surface area contributed by atoms with Crippen LogP contribution in [0.2, 0.25) is 0 Å². The maximum absolute atomic E-state index is 12.0. The third-order valence-corrected chi connectivity index (χ3v) is 2.88. The van der Waals surface area contributed by atoms with E-state index >= 15 is 0 Å². The SMILES string of the molecule is CC(C)CC(C)(O)CNC(=O)c1n[nH]c(C(C)(C)C)n1. The Morgan fingerprint density at radius 3 is 2.40 bits per heavy atom. The van der Waals surface area contributed by atoms with E-state index in [0.29, 0.717) is 18.2 Å². The summed E-state index contributed by atoms with van der Waals surface area (Å²) >= 11 is 0. The molecule has 0 aliphatic carbocycles. The summed E-state index contributed by atoms with van der Waals surface area (Å²) < 4.78 is 0. The minimum atomic E-state index is -0.924. The van der Waals surface area contributed by atoms with E-state index in [-0.39, 0.29) is 23.7 Å². The molecule has 0 aliphatic heterocycles. The normalized spacial score (nSPS) is 15.2. The van der Waals surface area contributed by atoms with Crippen LogP contribution in [0.3, 0.4) is 0 Å². The van der Waals surface area contributed by atoms with Crippen molar-refractivity contribution < 1.29 is 9.90 Å². The molecule has 1 unspecified atom stereocenters. The zero-order valence-electron chi connectivity index (χ0n) is 13.2. The fraction of sp³-hybridized carbons (Fsp3) is 0.786. The first-order valence-corrected chi connectivity index (χ1v) is 6.95. The van der Waals surface area contributed by atoms with Gasteiger partial charge < -0.3 is 10.4 Å². The molecule has 114 valence electrons. The zero-order chi connectivity index (χ0) is 15.6. The van der Waals surface area contributed by atoms with Gasteiger partial charge in [-0.3, -0.25) is 9.89 Å². The van der Waals surface area contributed by atoms with Gasteiger partial charge in [0.25, 0.3) is 5.91 Å². The lowest BCUT2D eigenvalue weighted by molar-refractivity contribution is 0.0366. The predicted octanol–water partition coefficient (Wildman–Crippen LogP) is 1.63. The highest BCUT2D eigenvalue weighted by molar-refractivity contribution is 5.90. The molecule has 1 aromatic rings. The molecular weight excluding hydrogens is 256 g/mol. The molecule has 20 heavy (non-hydrogen) atoms. The van der Waals surface area contributed by atoms with Crippen LogP contribution >= 0.6 is 0 Å². The summed E-state index contributed by atoms with van der Waals surface area (Å²) in [6.07, 6.45) is 0.620. The Bertz CT molecular complexity index is 458. The van der Waals surface area contributed by atoms with Crippen molar-refractivity contribution in [3.8, 4) is 0 Å². The van der Waals surface area contributed by atoms with Crippen molar-refractivity contribution in [3.05, 3.63) is 11.6 Å². The van der Waals surface area contributed by atoms with Gasteiger partial charge in [-0.1, -0.05) is 34.6 Å². The number of amides is 1. The van der Waals surface area contributed by atoms with E-state index in [9.17, 15) is 9.90 Å². The largest absolute Gasteiger partial charge is 0.388 e. The first-order chi connectivity index (χ1) is 9.01. The Morgan fingerprint density at radius 2 is 1.95 bits per heavy atom. The number of aliphatic hydroxyl groups is 1. The maximum atomic E-state index is 12.0. The molecule has 1 atom stereocenters. The van der Waals surface area contributed by atoms with Crippen molar-refractivity contribution in [1.82, 2.24) is 20.5 Å². The molecule has 1 aromatic heterocycles. The van der Waals surface area contributed by atoms with E-state index in [1.165, 1.54) is 0 Å². The van der Waals surface area contributed by atoms with Gasteiger partial charge in [0.15, 0.2) is 0 Å². The molecular formula is C14H26N4O2. The molecule has 1 rings (SSSR count). The van der Waals surface area contributed by atoms with Crippen molar-refractivity contribution in [2.24, 2.45) is 5.92 Å². The lowest BCUT2D eigenvalue weighted by Gasteiger charge is -2.25. The van der Waals surface area contributed by atoms with E-state index in [1.54, 1.807) is 6.92 Å². The van der Waals surface area contributed by atoms with Crippen LogP contribution < -0.4 is 5.32 Å². The number of nitrogens with zero attached hydrogens (tertiary/aromatic N) is 2. The van der Waals surface area contributed by atoms with Crippen LogP contribution in [0.1, 0.15) is 64.4 Å². The van der Waals surface area contributed by atoms with Gasteiger partial charge >= 0.3 is 0 Å². The van der Waals surface area contributed by atoms with Gasteiger partial charge in [-0.2, -0.15) is 0 Å². The number of aromatic amines is 1. The van der Waals surface area contributed by atoms with Crippen LogP contribution in [0, 0.1) is 5.92 Å². The number of carbonyl (C=O) groups is 1. The minimum Gasteiger partial charge on any atom is -0.388 e. The second-order valence-corrected chi connectivity index (χ2v) is 7.04. The summed E-state index contributed by atoms with van der Waals surface area (Å²) in [6, 6.07) is 0. The van der Waals surface area contributed by atoms with Gasteiger partial charge in [0.1, 0.15) is 5.82 Å². The lowest BCUT2D eigenvalue weighted by atomic mass is 9.94. The van der Waals surface area contributed by atoms with Crippen LogP contribution in [0.5, 0.6) is 0 Å². The molecule has 6 nitrogen and oxygen atoms in total. The predicted molar refractivity (Wildman–Crippen MR) is 77.5 cm³/mol. The van der Waals surface area contributed by atoms with E-state index < -0.39 is 5.60 Å². The zero-order valence-corrected chi connectivity index (χ0v) is 13.2. The monoisotopic (exact) mass is 282 g/mol. The van der Waals surface area contributed by atoms with Crippen LogP contribution in [0.4, 0.5) is 0 Å². The van der Waals surface area contributed by atoms with Crippen LogP contribution in [-0.2, 0) is 5.41 Å². The summed E-state index contributed by atoms with van der Waals surface area (Å²) in [5.41, 5.74) is -1.11. The highest BCUT2D eigenvalue weighted by Crippen LogP contribution is 2.17. The van der Waals surface area contributed by atoms with Gasteiger partial charge in [-0.05, 0) is 19.3 Å². The molecule has 1 heterocycles. The third-order valence-electron chi connectivity index (χ3n) is 2.88.